The predicted molar refractivity (Wildman–Crippen MR) is 153 cm³/mol. The van der Waals surface area contributed by atoms with Gasteiger partial charge >= 0.3 is 0 Å². The van der Waals surface area contributed by atoms with Crippen LogP contribution in [-0.2, 0) is 32.6 Å². The maximum absolute atomic E-state index is 13.6. The highest BCUT2D eigenvalue weighted by Gasteiger charge is 2.30. The number of hydrogen-bond donors (Lipinski definition) is 1. The number of aryl methyl sites for hydroxylation is 1. The van der Waals surface area contributed by atoms with Gasteiger partial charge in [-0.05, 0) is 48.7 Å². The van der Waals surface area contributed by atoms with Gasteiger partial charge in [0.15, 0.2) is 0 Å². The molecule has 3 aromatic rings. The van der Waals surface area contributed by atoms with Crippen molar-refractivity contribution in [2.75, 3.05) is 24.2 Å². The molecule has 0 saturated carbocycles. The summed E-state index contributed by atoms with van der Waals surface area (Å²) in [5.41, 5.74) is 3.29. The second kappa shape index (κ2) is 13.4. The topological polar surface area (TPSA) is 86.8 Å². The molecule has 3 rings (SSSR count). The SMILES string of the molecule is CNC(=O)C(Cc1ccccc1)N(Cc1cccc(Cl)c1)C(=O)CCCN(c1ccc(C)cc1)S(C)(=O)=O. The molecule has 0 aliphatic carbocycles. The molecule has 3 aromatic carbocycles. The van der Waals surface area contributed by atoms with Crippen molar-refractivity contribution < 1.29 is 18.0 Å². The number of anilines is 1. The Kier molecular flexibility index (Phi) is 10.3. The number of benzene rings is 3. The van der Waals surface area contributed by atoms with Gasteiger partial charge in [0, 0.05) is 38.0 Å². The maximum atomic E-state index is 13.6. The number of carbonyl (C=O) groups is 2. The number of sulfonamides is 1. The largest absolute Gasteiger partial charge is 0.357 e. The summed E-state index contributed by atoms with van der Waals surface area (Å²) >= 11 is 6.19. The number of nitrogens with zero attached hydrogens (tertiary/aromatic N) is 2. The maximum Gasteiger partial charge on any atom is 0.242 e. The summed E-state index contributed by atoms with van der Waals surface area (Å²) in [5.74, 6) is -0.520. The molecule has 0 aromatic heterocycles. The zero-order valence-corrected chi connectivity index (χ0v) is 23.5. The van der Waals surface area contributed by atoms with Crippen LogP contribution in [0.25, 0.3) is 0 Å². The standard InChI is InChI=1S/C29H34ClN3O4S/c1-22-14-16-26(17-15-22)33(38(3,36)37)18-8-13-28(34)32(21-24-11-7-12-25(30)19-24)27(29(35)31-2)20-23-9-5-4-6-10-23/h4-7,9-12,14-17,19,27H,8,13,18,20-21H2,1-3H3,(H,31,35). The third kappa shape index (κ3) is 8.33. The zero-order valence-electron chi connectivity index (χ0n) is 21.9. The van der Waals surface area contributed by atoms with Gasteiger partial charge < -0.3 is 10.2 Å². The minimum atomic E-state index is -3.55. The Labute approximate surface area is 230 Å². The summed E-state index contributed by atoms with van der Waals surface area (Å²) in [6.07, 6.45) is 1.85. The highest BCUT2D eigenvalue weighted by Crippen LogP contribution is 2.21. The molecule has 0 aliphatic rings. The highest BCUT2D eigenvalue weighted by molar-refractivity contribution is 7.92. The lowest BCUT2D eigenvalue weighted by Crippen LogP contribution is -2.49. The van der Waals surface area contributed by atoms with E-state index in [1.807, 2.05) is 55.5 Å². The number of carbonyl (C=O) groups excluding carboxylic acids is 2. The Balaban J connectivity index is 1.84. The fraction of sp³-hybridized carbons (Fsp3) is 0.310. The van der Waals surface area contributed by atoms with E-state index in [0.717, 1.165) is 22.9 Å². The van der Waals surface area contributed by atoms with Crippen molar-refractivity contribution >= 4 is 39.1 Å². The second-order valence-electron chi connectivity index (χ2n) is 9.25. The van der Waals surface area contributed by atoms with Gasteiger partial charge in [0.2, 0.25) is 21.8 Å². The first-order chi connectivity index (χ1) is 18.1. The molecule has 1 atom stereocenters. The van der Waals surface area contributed by atoms with E-state index in [1.54, 1.807) is 42.3 Å². The van der Waals surface area contributed by atoms with Crippen molar-refractivity contribution in [3.63, 3.8) is 0 Å². The molecule has 0 fully saturated rings. The van der Waals surface area contributed by atoms with Crippen LogP contribution in [0.2, 0.25) is 5.02 Å². The third-order valence-electron chi connectivity index (χ3n) is 6.23. The average molecular weight is 556 g/mol. The lowest BCUT2D eigenvalue weighted by atomic mass is 10.0. The smallest absolute Gasteiger partial charge is 0.242 e. The summed E-state index contributed by atoms with van der Waals surface area (Å²) in [6, 6.07) is 23.2. The second-order valence-corrected chi connectivity index (χ2v) is 11.6. The number of amides is 2. The van der Waals surface area contributed by atoms with Gasteiger partial charge in [0.05, 0.1) is 11.9 Å². The molecular formula is C29H34ClN3O4S. The van der Waals surface area contributed by atoms with Gasteiger partial charge in [-0.3, -0.25) is 13.9 Å². The van der Waals surface area contributed by atoms with E-state index >= 15 is 0 Å². The first-order valence-electron chi connectivity index (χ1n) is 12.4. The van der Waals surface area contributed by atoms with Crippen LogP contribution >= 0.6 is 11.6 Å². The van der Waals surface area contributed by atoms with E-state index in [4.69, 9.17) is 11.6 Å². The molecule has 0 aliphatic heterocycles. The van der Waals surface area contributed by atoms with Crippen LogP contribution in [-0.4, -0.2) is 51.0 Å². The number of hydrogen-bond acceptors (Lipinski definition) is 4. The molecular weight excluding hydrogens is 522 g/mol. The number of nitrogens with one attached hydrogen (secondary N) is 1. The van der Waals surface area contributed by atoms with Crippen molar-refractivity contribution in [1.82, 2.24) is 10.2 Å². The highest BCUT2D eigenvalue weighted by atomic mass is 35.5. The van der Waals surface area contributed by atoms with Gasteiger partial charge in [-0.15, -0.1) is 0 Å². The van der Waals surface area contributed by atoms with Crippen molar-refractivity contribution in [3.05, 3.63) is 101 Å². The monoisotopic (exact) mass is 555 g/mol. The Morgan fingerprint density at radius 3 is 2.21 bits per heavy atom. The Hall–Kier alpha value is -3.36. The van der Waals surface area contributed by atoms with E-state index in [9.17, 15) is 18.0 Å². The van der Waals surface area contributed by atoms with E-state index in [1.165, 1.54) is 4.31 Å². The van der Waals surface area contributed by atoms with Crippen LogP contribution in [0.5, 0.6) is 0 Å². The van der Waals surface area contributed by atoms with Gasteiger partial charge in [0.1, 0.15) is 6.04 Å². The van der Waals surface area contributed by atoms with Crippen LogP contribution in [0.4, 0.5) is 5.69 Å². The van der Waals surface area contributed by atoms with Crippen LogP contribution in [0.3, 0.4) is 0 Å². The summed E-state index contributed by atoms with van der Waals surface area (Å²) in [7, 11) is -2.00. The van der Waals surface area contributed by atoms with E-state index in [-0.39, 0.29) is 37.7 Å². The molecule has 7 nitrogen and oxygen atoms in total. The van der Waals surface area contributed by atoms with E-state index in [0.29, 0.717) is 17.1 Å². The van der Waals surface area contributed by atoms with Crippen LogP contribution in [0, 0.1) is 6.92 Å². The summed E-state index contributed by atoms with van der Waals surface area (Å²) in [6.45, 7) is 2.26. The van der Waals surface area contributed by atoms with Crippen molar-refractivity contribution in [3.8, 4) is 0 Å². The molecule has 38 heavy (non-hydrogen) atoms. The lowest BCUT2D eigenvalue weighted by molar-refractivity contribution is -0.141. The Bertz CT molecular complexity index is 1330. The molecule has 0 radical (unpaired) electrons. The number of halogens is 1. The average Bonchev–Trinajstić information content (AvgIpc) is 2.88. The fourth-order valence-corrected chi connectivity index (χ4v) is 5.45. The molecule has 9 heteroatoms. The summed E-state index contributed by atoms with van der Waals surface area (Å²) < 4.78 is 26.3. The molecule has 0 heterocycles. The van der Waals surface area contributed by atoms with Gasteiger partial charge in [-0.25, -0.2) is 8.42 Å². The number of likely N-dealkylation sites (N-methyl/N-ethyl adjacent to an activating group) is 1. The molecule has 2 amide bonds. The van der Waals surface area contributed by atoms with Crippen LogP contribution in [0.15, 0.2) is 78.9 Å². The zero-order chi connectivity index (χ0) is 27.7. The predicted octanol–water partition coefficient (Wildman–Crippen LogP) is 4.58. The third-order valence-corrected chi connectivity index (χ3v) is 7.66. The van der Waals surface area contributed by atoms with Gasteiger partial charge in [0.25, 0.3) is 0 Å². The number of rotatable bonds is 12. The van der Waals surface area contributed by atoms with Crippen LogP contribution < -0.4 is 9.62 Å². The summed E-state index contributed by atoms with van der Waals surface area (Å²) in [5, 5.41) is 3.23. The molecule has 202 valence electrons. The molecule has 1 unspecified atom stereocenters. The normalized spacial score (nSPS) is 12.0. The molecule has 1 N–H and O–H groups in total. The Morgan fingerprint density at radius 1 is 0.947 bits per heavy atom. The summed E-state index contributed by atoms with van der Waals surface area (Å²) in [4.78, 5) is 28.2. The van der Waals surface area contributed by atoms with E-state index < -0.39 is 16.1 Å². The fourth-order valence-electron chi connectivity index (χ4n) is 4.27. The quantitative estimate of drug-likeness (QED) is 0.354. The lowest BCUT2D eigenvalue weighted by Gasteiger charge is -2.31. The minimum Gasteiger partial charge on any atom is -0.357 e. The van der Waals surface area contributed by atoms with Gasteiger partial charge in [-0.1, -0.05) is 71.8 Å². The molecule has 0 bridgehead atoms. The van der Waals surface area contributed by atoms with Crippen LogP contribution in [0.1, 0.15) is 29.5 Å². The van der Waals surface area contributed by atoms with Crippen molar-refractivity contribution in [2.45, 2.75) is 38.8 Å². The van der Waals surface area contributed by atoms with Crippen molar-refractivity contribution in [1.29, 1.82) is 0 Å². The molecule has 0 saturated heterocycles. The van der Waals surface area contributed by atoms with E-state index in [2.05, 4.69) is 5.32 Å². The Morgan fingerprint density at radius 2 is 1.61 bits per heavy atom. The minimum absolute atomic E-state index is 0.0702. The first kappa shape index (κ1) is 29.2. The van der Waals surface area contributed by atoms with Gasteiger partial charge in [-0.2, -0.15) is 0 Å². The van der Waals surface area contributed by atoms with Crippen molar-refractivity contribution in [2.24, 2.45) is 0 Å². The molecule has 0 spiro atoms. The first-order valence-corrected chi connectivity index (χ1v) is 14.6.